The van der Waals surface area contributed by atoms with Crippen LogP contribution in [0.15, 0.2) is 24.5 Å². The molecule has 1 N–H and O–H groups in total. The molecule has 3 heterocycles. The first-order chi connectivity index (χ1) is 14.4. The molecule has 2 saturated heterocycles. The number of ether oxygens (including phenoxy) is 1. The standard InChI is InChI=1S/C17H24N4O3.C2HF3O2/c1-19(2)16(23)20-8-5-17(6-9-20)13-21(15(22)12-24-17)11-14-4-3-7-18-10-14;3-2(4,5)1(6)7/h3-4,7,10H,5-6,8-9,11-13H2,1-2H3;(H,6,7). The number of pyridine rings is 1. The summed E-state index contributed by atoms with van der Waals surface area (Å²) in [7, 11) is 3.52. The lowest BCUT2D eigenvalue weighted by molar-refractivity contribution is -0.192. The minimum absolute atomic E-state index is 0.0104. The van der Waals surface area contributed by atoms with Gasteiger partial charge in [-0.25, -0.2) is 9.59 Å². The van der Waals surface area contributed by atoms with E-state index in [0.29, 0.717) is 26.2 Å². The first-order valence-electron chi connectivity index (χ1n) is 9.50. The summed E-state index contributed by atoms with van der Waals surface area (Å²) in [6.45, 7) is 2.56. The van der Waals surface area contributed by atoms with E-state index in [1.807, 2.05) is 21.9 Å². The van der Waals surface area contributed by atoms with E-state index in [2.05, 4.69) is 4.98 Å². The number of aliphatic carboxylic acids is 1. The third-order valence-corrected chi connectivity index (χ3v) is 5.00. The van der Waals surface area contributed by atoms with Crippen LogP contribution in [0.3, 0.4) is 0 Å². The third-order valence-electron chi connectivity index (χ3n) is 5.00. The van der Waals surface area contributed by atoms with Crippen LogP contribution < -0.4 is 0 Å². The van der Waals surface area contributed by atoms with Gasteiger partial charge >= 0.3 is 18.2 Å². The lowest BCUT2D eigenvalue weighted by Crippen LogP contribution is -2.59. The van der Waals surface area contributed by atoms with E-state index in [4.69, 9.17) is 14.6 Å². The molecule has 0 aliphatic carbocycles. The summed E-state index contributed by atoms with van der Waals surface area (Å²) >= 11 is 0. The molecule has 31 heavy (non-hydrogen) atoms. The maximum Gasteiger partial charge on any atom is 0.490 e. The first kappa shape index (κ1) is 24.4. The van der Waals surface area contributed by atoms with Crippen molar-refractivity contribution in [3.05, 3.63) is 30.1 Å². The van der Waals surface area contributed by atoms with E-state index in [-0.39, 0.29) is 24.1 Å². The predicted molar refractivity (Wildman–Crippen MR) is 102 cm³/mol. The third kappa shape index (κ3) is 6.81. The highest BCUT2D eigenvalue weighted by molar-refractivity contribution is 5.78. The smallest absolute Gasteiger partial charge is 0.475 e. The molecule has 2 aliphatic rings. The van der Waals surface area contributed by atoms with Gasteiger partial charge in [-0.1, -0.05) is 6.07 Å². The normalized spacial score (nSPS) is 18.3. The first-order valence-corrected chi connectivity index (χ1v) is 9.50. The van der Waals surface area contributed by atoms with Gasteiger partial charge in [0.25, 0.3) is 0 Å². The van der Waals surface area contributed by atoms with Gasteiger partial charge in [0.2, 0.25) is 5.91 Å². The summed E-state index contributed by atoms with van der Waals surface area (Å²) in [5.41, 5.74) is 0.683. The summed E-state index contributed by atoms with van der Waals surface area (Å²) in [6, 6.07) is 3.88. The number of carboxylic acid groups (broad SMARTS) is 1. The van der Waals surface area contributed by atoms with Crippen LogP contribution in [-0.4, -0.2) is 94.8 Å². The Hall–Kier alpha value is -2.89. The number of rotatable bonds is 2. The van der Waals surface area contributed by atoms with Crippen molar-refractivity contribution >= 4 is 17.9 Å². The number of hydrogen-bond acceptors (Lipinski definition) is 5. The van der Waals surface area contributed by atoms with Crippen molar-refractivity contribution in [3.8, 4) is 0 Å². The Bertz CT molecular complexity index is 780. The lowest BCUT2D eigenvalue weighted by atomic mass is 9.89. The summed E-state index contributed by atoms with van der Waals surface area (Å²) in [4.78, 5) is 42.6. The molecule has 0 radical (unpaired) electrons. The molecule has 3 rings (SSSR count). The molecule has 0 unspecified atom stereocenters. The Balaban J connectivity index is 0.000000423. The van der Waals surface area contributed by atoms with Crippen molar-refractivity contribution in [1.29, 1.82) is 0 Å². The molecule has 0 saturated carbocycles. The van der Waals surface area contributed by atoms with E-state index in [9.17, 15) is 22.8 Å². The molecule has 2 fully saturated rings. The van der Waals surface area contributed by atoms with E-state index in [1.165, 1.54) is 0 Å². The van der Waals surface area contributed by atoms with Gasteiger partial charge in [-0.15, -0.1) is 0 Å². The fourth-order valence-corrected chi connectivity index (χ4v) is 3.33. The fourth-order valence-electron chi connectivity index (χ4n) is 3.33. The van der Waals surface area contributed by atoms with Crippen molar-refractivity contribution in [2.24, 2.45) is 0 Å². The number of urea groups is 1. The number of morpholine rings is 1. The second-order valence-electron chi connectivity index (χ2n) is 7.55. The Morgan fingerprint density at radius 3 is 2.39 bits per heavy atom. The van der Waals surface area contributed by atoms with Gasteiger partial charge in [-0.3, -0.25) is 9.78 Å². The summed E-state index contributed by atoms with van der Waals surface area (Å²) in [6.07, 6.45) is -0.0653. The van der Waals surface area contributed by atoms with Crippen LogP contribution in [-0.2, 0) is 20.9 Å². The average molecular weight is 446 g/mol. The van der Waals surface area contributed by atoms with E-state index in [0.717, 1.165) is 18.4 Å². The maximum absolute atomic E-state index is 12.2. The summed E-state index contributed by atoms with van der Waals surface area (Å²) < 4.78 is 37.7. The molecular weight excluding hydrogens is 421 g/mol. The monoisotopic (exact) mass is 446 g/mol. The fraction of sp³-hybridized carbons (Fsp3) is 0.579. The Kier molecular flexibility index (Phi) is 7.82. The van der Waals surface area contributed by atoms with Crippen LogP contribution in [0.2, 0.25) is 0 Å². The van der Waals surface area contributed by atoms with Gasteiger partial charge in [0.05, 0.1) is 12.1 Å². The van der Waals surface area contributed by atoms with E-state index >= 15 is 0 Å². The van der Waals surface area contributed by atoms with Crippen molar-refractivity contribution < 1.29 is 37.4 Å². The molecule has 0 atom stereocenters. The van der Waals surface area contributed by atoms with Crippen molar-refractivity contribution in [2.45, 2.75) is 31.2 Å². The summed E-state index contributed by atoms with van der Waals surface area (Å²) in [5, 5.41) is 7.12. The minimum Gasteiger partial charge on any atom is -0.475 e. The topological polar surface area (TPSA) is 103 Å². The Morgan fingerprint density at radius 2 is 1.90 bits per heavy atom. The van der Waals surface area contributed by atoms with Crippen LogP contribution >= 0.6 is 0 Å². The van der Waals surface area contributed by atoms with E-state index < -0.39 is 12.1 Å². The van der Waals surface area contributed by atoms with Gasteiger partial charge in [0.1, 0.15) is 6.61 Å². The zero-order valence-corrected chi connectivity index (χ0v) is 17.3. The van der Waals surface area contributed by atoms with Crippen LogP contribution in [0.4, 0.5) is 18.0 Å². The second-order valence-corrected chi connectivity index (χ2v) is 7.55. The lowest BCUT2D eigenvalue weighted by Gasteiger charge is -2.47. The highest BCUT2D eigenvalue weighted by Crippen LogP contribution is 2.31. The van der Waals surface area contributed by atoms with Gasteiger partial charge in [-0.2, -0.15) is 13.2 Å². The Labute approximate surface area is 177 Å². The quantitative estimate of drug-likeness (QED) is 0.740. The Morgan fingerprint density at radius 1 is 1.29 bits per heavy atom. The number of nitrogens with zero attached hydrogens (tertiary/aromatic N) is 4. The molecular formula is C19H25F3N4O5. The highest BCUT2D eigenvalue weighted by Gasteiger charge is 2.43. The van der Waals surface area contributed by atoms with Crippen LogP contribution in [0.25, 0.3) is 0 Å². The van der Waals surface area contributed by atoms with Crippen molar-refractivity contribution in [2.75, 3.05) is 40.3 Å². The van der Waals surface area contributed by atoms with Crippen LogP contribution in [0.1, 0.15) is 18.4 Å². The number of alkyl halides is 3. The molecule has 1 aromatic rings. The van der Waals surface area contributed by atoms with Gasteiger partial charge in [0.15, 0.2) is 0 Å². The average Bonchev–Trinajstić information content (AvgIpc) is 2.71. The molecule has 12 heteroatoms. The predicted octanol–water partition coefficient (Wildman–Crippen LogP) is 1.59. The second kappa shape index (κ2) is 9.94. The molecule has 9 nitrogen and oxygen atoms in total. The number of carbonyl (C=O) groups is 3. The molecule has 172 valence electrons. The van der Waals surface area contributed by atoms with Crippen molar-refractivity contribution in [1.82, 2.24) is 19.7 Å². The number of halogens is 3. The molecule has 0 aromatic carbocycles. The molecule has 3 amide bonds. The van der Waals surface area contributed by atoms with Gasteiger partial charge in [0, 0.05) is 46.1 Å². The molecule has 0 bridgehead atoms. The highest BCUT2D eigenvalue weighted by atomic mass is 19.4. The zero-order valence-electron chi connectivity index (χ0n) is 17.3. The number of aromatic nitrogens is 1. The number of carbonyl (C=O) groups excluding carboxylic acids is 2. The van der Waals surface area contributed by atoms with Crippen LogP contribution in [0.5, 0.6) is 0 Å². The maximum atomic E-state index is 12.2. The van der Waals surface area contributed by atoms with Gasteiger partial charge < -0.3 is 24.5 Å². The zero-order chi connectivity index (χ0) is 23.2. The molecule has 2 aliphatic heterocycles. The van der Waals surface area contributed by atoms with Crippen LogP contribution in [0, 0.1) is 0 Å². The SMILES string of the molecule is CN(C)C(=O)N1CCC2(CC1)CN(Cc1cccnc1)C(=O)CO2.O=C(O)C(F)(F)F. The largest absolute Gasteiger partial charge is 0.490 e. The summed E-state index contributed by atoms with van der Waals surface area (Å²) in [5.74, 6) is -2.75. The number of piperidine rings is 1. The number of hydrogen-bond donors (Lipinski definition) is 1. The van der Waals surface area contributed by atoms with Crippen molar-refractivity contribution in [3.63, 3.8) is 0 Å². The van der Waals surface area contributed by atoms with E-state index in [1.54, 1.807) is 31.4 Å². The molecule has 1 spiro atoms. The molecule has 1 aromatic heterocycles. The number of carboxylic acids is 1. The minimum atomic E-state index is -5.08. The van der Waals surface area contributed by atoms with Gasteiger partial charge in [-0.05, 0) is 24.5 Å². The number of amides is 3. The number of likely N-dealkylation sites (tertiary alicyclic amines) is 1.